The zero-order chi connectivity index (χ0) is 25.4. The van der Waals surface area contributed by atoms with Gasteiger partial charge in [-0.1, -0.05) is 23.8 Å². The lowest BCUT2D eigenvalue weighted by Gasteiger charge is -2.35. The number of carbonyl (C=O) groups excluding carboxylic acids is 1. The van der Waals surface area contributed by atoms with E-state index in [1.54, 1.807) is 12.1 Å². The maximum absolute atomic E-state index is 13.8. The van der Waals surface area contributed by atoms with Crippen LogP contribution in [0.15, 0.2) is 54.6 Å². The Hall–Kier alpha value is -3.65. The van der Waals surface area contributed by atoms with Gasteiger partial charge < -0.3 is 14.8 Å². The highest BCUT2D eigenvalue weighted by Gasteiger charge is 2.27. The SMILES string of the molecule is Cc1ccc2[nH]c(C(=O)N3CCCCC3C=CCN3CCN(c4n[nH]c5ccc(F)cc45)CC3)cc2c1. The average molecular weight is 501 g/mol. The Bertz CT molecular complexity index is 1450. The van der Waals surface area contributed by atoms with E-state index in [2.05, 4.69) is 56.2 Å². The van der Waals surface area contributed by atoms with E-state index in [0.29, 0.717) is 5.69 Å². The fourth-order valence-corrected chi connectivity index (χ4v) is 5.65. The summed E-state index contributed by atoms with van der Waals surface area (Å²) in [5.74, 6) is 0.668. The third-order valence-electron chi connectivity index (χ3n) is 7.72. The second kappa shape index (κ2) is 10.0. The van der Waals surface area contributed by atoms with Gasteiger partial charge in [0.05, 0.1) is 11.6 Å². The number of nitrogens with one attached hydrogen (secondary N) is 2. The highest BCUT2D eigenvalue weighted by molar-refractivity contribution is 5.98. The number of aromatic nitrogens is 3. The Kier molecular flexibility index (Phi) is 6.42. The molecule has 4 heterocycles. The van der Waals surface area contributed by atoms with Crippen molar-refractivity contribution in [2.24, 2.45) is 0 Å². The summed E-state index contributed by atoms with van der Waals surface area (Å²) in [6.45, 7) is 7.23. The zero-order valence-corrected chi connectivity index (χ0v) is 21.2. The topological polar surface area (TPSA) is 71.3 Å². The molecular formula is C29H33FN6O. The van der Waals surface area contributed by atoms with Crippen LogP contribution in [0.25, 0.3) is 21.8 Å². The number of hydrogen-bond donors (Lipinski definition) is 2. The molecule has 0 saturated carbocycles. The number of amides is 1. The van der Waals surface area contributed by atoms with Crippen LogP contribution in [0.2, 0.25) is 0 Å². The molecule has 2 saturated heterocycles. The molecule has 0 bridgehead atoms. The number of piperazine rings is 1. The number of piperidine rings is 1. The molecule has 8 heteroatoms. The highest BCUT2D eigenvalue weighted by atomic mass is 19.1. The van der Waals surface area contributed by atoms with Gasteiger partial charge in [-0.3, -0.25) is 14.8 Å². The van der Waals surface area contributed by atoms with Gasteiger partial charge in [0.2, 0.25) is 0 Å². The first-order valence-corrected chi connectivity index (χ1v) is 13.2. The van der Waals surface area contributed by atoms with Crippen LogP contribution in [0.4, 0.5) is 10.2 Å². The summed E-state index contributed by atoms with van der Waals surface area (Å²) < 4.78 is 13.8. The second-order valence-corrected chi connectivity index (χ2v) is 10.3. The van der Waals surface area contributed by atoms with Crippen LogP contribution in [0.5, 0.6) is 0 Å². The van der Waals surface area contributed by atoms with Crippen molar-refractivity contribution in [2.75, 3.05) is 44.2 Å². The van der Waals surface area contributed by atoms with Crippen molar-refractivity contribution in [1.82, 2.24) is 25.0 Å². The summed E-state index contributed by atoms with van der Waals surface area (Å²) in [5, 5.41) is 9.37. The molecule has 4 aromatic rings. The normalized spacial score (nSPS) is 19.5. The molecule has 2 aliphatic heterocycles. The number of fused-ring (bicyclic) bond motifs is 2. The predicted octanol–water partition coefficient (Wildman–Crippen LogP) is 4.86. The maximum atomic E-state index is 13.8. The summed E-state index contributed by atoms with van der Waals surface area (Å²) >= 11 is 0. The molecule has 2 fully saturated rings. The summed E-state index contributed by atoms with van der Waals surface area (Å²) in [7, 11) is 0. The maximum Gasteiger partial charge on any atom is 0.270 e. The van der Waals surface area contributed by atoms with Gasteiger partial charge in [0.15, 0.2) is 5.82 Å². The molecule has 2 aromatic carbocycles. The molecule has 1 atom stereocenters. The number of aryl methyl sites for hydroxylation is 1. The summed E-state index contributed by atoms with van der Waals surface area (Å²) in [5.41, 5.74) is 3.72. The van der Waals surface area contributed by atoms with Crippen LogP contribution in [-0.4, -0.2) is 76.2 Å². The van der Waals surface area contributed by atoms with E-state index < -0.39 is 0 Å². The highest BCUT2D eigenvalue weighted by Crippen LogP contribution is 2.26. The van der Waals surface area contributed by atoms with Gasteiger partial charge in [-0.25, -0.2) is 4.39 Å². The summed E-state index contributed by atoms with van der Waals surface area (Å²) in [4.78, 5) is 23.4. The molecule has 2 aromatic heterocycles. The van der Waals surface area contributed by atoms with Crippen molar-refractivity contribution in [1.29, 1.82) is 0 Å². The van der Waals surface area contributed by atoms with E-state index in [4.69, 9.17) is 0 Å². The molecule has 1 unspecified atom stereocenters. The number of rotatable bonds is 5. The minimum absolute atomic E-state index is 0.0829. The van der Waals surface area contributed by atoms with E-state index >= 15 is 0 Å². The first-order valence-electron chi connectivity index (χ1n) is 13.2. The molecule has 7 nitrogen and oxygen atoms in total. The van der Waals surface area contributed by atoms with E-state index in [1.165, 1.54) is 11.6 Å². The van der Waals surface area contributed by atoms with Crippen LogP contribution in [0, 0.1) is 12.7 Å². The fourth-order valence-electron chi connectivity index (χ4n) is 5.65. The first-order chi connectivity index (χ1) is 18.0. The monoisotopic (exact) mass is 500 g/mol. The van der Waals surface area contributed by atoms with Crippen LogP contribution in [-0.2, 0) is 0 Å². The van der Waals surface area contributed by atoms with E-state index in [0.717, 1.165) is 86.2 Å². The Balaban J connectivity index is 1.07. The van der Waals surface area contributed by atoms with Gasteiger partial charge in [0, 0.05) is 55.6 Å². The number of benzene rings is 2. The second-order valence-electron chi connectivity index (χ2n) is 10.3. The standard InChI is InChI=1S/C29H33FN6O/c1-20-7-9-25-21(17-20)18-27(31-25)29(37)36-12-3-2-5-23(36)6-4-11-34-13-15-35(16-14-34)28-24-19-22(30)8-10-26(24)32-33-28/h4,6-10,17-19,23,31H,2-3,5,11-16H2,1H3,(H,32,33). The van der Waals surface area contributed by atoms with Gasteiger partial charge in [-0.05, 0) is 62.6 Å². The lowest BCUT2D eigenvalue weighted by molar-refractivity contribution is 0.0658. The number of hydrogen-bond acceptors (Lipinski definition) is 4. The summed E-state index contributed by atoms with van der Waals surface area (Å²) in [6.07, 6.45) is 7.63. The Morgan fingerprint density at radius 1 is 1.05 bits per heavy atom. The third-order valence-corrected chi connectivity index (χ3v) is 7.72. The summed E-state index contributed by atoms with van der Waals surface area (Å²) in [6, 6.07) is 13.1. The average Bonchev–Trinajstić information content (AvgIpc) is 3.53. The largest absolute Gasteiger partial charge is 0.352 e. The quantitative estimate of drug-likeness (QED) is 0.384. The van der Waals surface area contributed by atoms with E-state index in [-0.39, 0.29) is 17.8 Å². The van der Waals surface area contributed by atoms with Crippen LogP contribution in [0.1, 0.15) is 35.3 Å². The van der Waals surface area contributed by atoms with Crippen LogP contribution < -0.4 is 4.90 Å². The molecule has 2 N–H and O–H groups in total. The Morgan fingerprint density at radius 3 is 2.76 bits per heavy atom. The molecule has 37 heavy (non-hydrogen) atoms. The lowest BCUT2D eigenvalue weighted by atomic mass is 10.0. The van der Waals surface area contributed by atoms with Gasteiger partial charge in [-0.2, -0.15) is 5.10 Å². The molecule has 0 radical (unpaired) electrons. The Morgan fingerprint density at radius 2 is 1.89 bits per heavy atom. The minimum Gasteiger partial charge on any atom is -0.352 e. The van der Waals surface area contributed by atoms with Gasteiger partial charge in [0.1, 0.15) is 11.5 Å². The molecular weight excluding hydrogens is 467 g/mol. The number of anilines is 1. The number of aromatic amines is 2. The van der Waals surface area contributed by atoms with Crippen molar-refractivity contribution in [3.63, 3.8) is 0 Å². The van der Waals surface area contributed by atoms with Gasteiger partial charge in [0.25, 0.3) is 5.91 Å². The number of halogens is 1. The van der Waals surface area contributed by atoms with E-state index in [1.807, 2.05) is 17.0 Å². The third kappa shape index (κ3) is 4.85. The van der Waals surface area contributed by atoms with Crippen molar-refractivity contribution in [2.45, 2.75) is 32.2 Å². The van der Waals surface area contributed by atoms with Crippen molar-refractivity contribution in [3.05, 3.63) is 71.7 Å². The first kappa shape index (κ1) is 23.7. The fraction of sp³-hybridized carbons (Fsp3) is 0.379. The smallest absolute Gasteiger partial charge is 0.270 e. The molecule has 6 rings (SSSR count). The number of nitrogens with zero attached hydrogens (tertiary/aromatic N) is 4. The molecule has 0 aliphatic carbocycles. The van der Waals surface area contributed by atoms with Crippen molar-refractivity contribution >= 4 is 33.5 Å². The number of H-pyrrole nitrogens is 2. The van der Waals surface area contributed by atoms with Crippen LogP contribution in [0.3, 0.4) is 0 Å². The molecule has 1 amide bonds. The minimum atomic E-state index is -0.242. The van der Waals surface area contributed by atoms with Crippen LogP contribution >= 0.6 is 0 Å². The van der Waals surface area contributed by atoms with Crippen molar-refractivity contribution in [3.8, 4) is 0 Å². The molecule has 192 valence electrons. The van der Waals surface area contributed by atoms with E-state index in [9.17, 15) is 9.18 Å². The van der Waals surface area contributed by atoms with Crippen molar-refractivity contribution < 1.29 is 9.18 Å². The van der Waals surface area contributed by atoms with Gasteiger partial charge in [-0.15, -0.1) is 0 Å². The van der Waals surface area contributed by atoms with Gasteiger partial charge >= 0.3 is 0 Å². The Labute approximate surface area is 215 Å². The molecule has 2 aliphatic rings. The zero-order valence-electron chi connectivity index (χ0n) is 21.2. The molecule has 0 spiro atoms. The number of likely N-dealkylation sites (tertiary alicyclic amines) is 1. The number of carbonyl (C=O) groups is 1. The lowest BCUT2D eigenvalue weighted by Crippen LogP contribution is -2.46. The predicted molar refractivity (Wildman–Crippen MR) is 146 cm³/mol.